The molecule has 0 spiro atoms. The number of hydrogen-bond acceptors (Lipinski definition) is 9. The van der Waals surface area contributed by atoms with Crippen LogP contribution >= 0.6 is 11.3 Å². The van der Waals surface area contributed by atoms with E-state index in [0.717, 1.165) is 5.56 Å². The third-order valence-corrected chi connectivity index (χ3v) is 6.25. The highest BCUT2D eigenvalue weighted by atomic mass is 32.1. The number of nitro benzene ring substituents is 1. The van der Waals surface area contributed by atoms with Crippen LogP contribution in [0.4, 0.5) is 10.5 Å². The number of benzene rings is 1. The Morgan fingerprint density at radius 2 is 1.97 bits per heavy atom. The summed E-state index contributed by atoms with van der Waals surface area (Å²) in [6.45, 7) is 5.89. The summed E-state index contributed by atoms with van der Waals surface area (Å²) in [7, 11) is 0. The minimum absolute atomic E-state index is 0.00266. The SMILES string of the molecule is CCOC(=O)N1CCN([C@@H](c2ccc([N+](=O)[O-])cc2)c2sc3nc(C)nn3c2O)CC1. The quantitative estimate of drug-likeness (QED) is 0.468. The number of non-ortho nitro benzene ring substituents is 1. The Labute approximate surface area is 181 Å². The van der Waals surface area contributed by atoms with Crippen LogP contribution in [0.5, 0.6) is 5.88 Å². The van der Waals surface area contributed by atoms with Crippen LogP contribution in [0, 0.1) is 17.0 Å². The molecule has 1 fully saturated rings. The number of carbonyl (C=O) groups is 1. The summed E-state index contributed by atoms with van der Waals surface area (Å²) in [6, 6.07) is 5.94. The van der Waals surface area contributed by atoms with E-state index in [1.54, 1.807) is 30.9 Å². The number of aryl methyl sites for hydroxylation is 1. The molecule has 0 aliphatic carbocycles. The molecule has 0 radical (unpaired) electrons. The first-order valence-electron chi connectivity index (χ1n) is 9.84. The molecule has 0 bridgehead atoms. The molecule has 12 heteroatoms. The number of hydrogen-bond donors (Lipinski definition) is 1. The molecular formula is C19H22N6O5S. The van der Waals surface area contributed by atoms with Crippen molar-refractivity contribution in [3.05, 3.63) is 50.6 Å². The first kappa shape index (κ1) is 21.0. The Hall–Kier alpha value is -3.25. The molecular weight excluding hydrogens is 424 g/mol. The second kappa shape index (κ2) is 8.47. The molecule has 2 aromatic heterocycles. The summed E-state index contributed by atoms with van der Waals surface area (Å²) in [5.74, 6) is 0.555. The molecule has 4 rings (SSSR count). The Morgan fingerprint density at radius 3 is 2.55 bits per heavy atom. The van der Waals surface area contributed by atoms with Gasteiger partial charge in [0.25, 0.3) is 5.69 Å². The van der Waals surface area contributed by atoms with Gasteiger partial charge < -0.3 is 14.7 Å². The monoisotopic (exact) mass is 446 g/mol. The normalized spacial score (nSPS) is 15.9. The van der Waals surface area contributed by atoms with Gasteiger partial charge in [-0.2, -0.15) is 4.52 Å². The fourth-order valence-corrected chi connectivity index (χ4v) is 4.87. The third-order valence-electron chi connectivity index (χ3n) is 5.18. The average molecular weight is 446 g/mol. The molecule has 1 atom stereocenters. The largest absolute Gasteiger partial charge is 0.492 e. The molecule has 11 nitrogen and oxygen atoms in total. The zero-order chi connectivity index (χ0) is 22.1. The van der Waals surface area contributed by atoms with Crippen LogP contribution in [-0.4, -0.2) is 73.3 Å². The van der Waals surface area contributed by atoms with Crippen molar-refractivity contribution in [2.75, 3.05) is 32.8 Å². The predicted molar refractivity (Wildman–Crippen MR) is 112 cm³/mol. The molecule has 3 heterocycles. The van der Waals surface area contributed by atoms with Crippen LogP contribution in [0.1, 0.15) is 29.2 Å². The minimum Gasteiger partial charge on any atom is -0.492 e. The molecule has 164 valence electrons. The molecule has 1 aliphatic rings. The fourth-order valence-electron chi connectivity index (χ4n) is 3.71. The smallest absolute Gasteiger partial charge is 0.409 e. The highest BCUT2D eigenvalue weighted by Crippen LogP contribution is 2.40. The molecule has 3 aromatic rings. The second-order valence-corrected chi connectivity index (χ2v) is 8.13. The first-order valence-corrected chi connectivity index (χ1v) is 10.7. The van der Waals surface area contributed by atoms with Crippen LogP contribution in [0.3, 0.4) is 0 Å². The number of amides is 1. The van der Waals surface area contributed by atoms with Gasteiger partial charge >= 0.3 is 6.09 Å². The van der Waals surface area contributed by atoms with Crippen molar-refractivity contribution in [1.82, 2.24) is 24.4 Å². The molecule has 1 saturated heterocycles. The van der Waals surface area contributed by atoms with Crippen molar-refractivity contribution in [1.29, 1.82) is 0 Å². The lowest BCUT2D eigenvalue weighted by Crippen LogP contribution is -2.49. The van der Waals surface area contributed by atoms with Crippen LogP contribution in [-0.2, 0) is 4.74 Å². The lowest BCUT2D eigenvalue weighted by Gasteiger charge is -2.38. The number of carbonyl (C=O) groups excluding carboxylic acids is 1. The van der Waals surface area contributed by atoms with Gasteiger partial charge in [0.1, 0.15) is 5.82 Å². The molecule has 31 heavy (non-hydrogen) atoms. The number of nitrogens with zero attached hydrogens (tertiary/aromatic N) is 6. The van der Waals surface area contributed by atoms with Crippen LogP contribution in [0.15, 0.2) is 24.3 Å². The number of piperazine rings is 1. The summed E-state index contributed by atoms with van der Waals surface area (Å²) < 4.78 is 6.49. The number of ether oxygens (including phenoxy) is 1. The van der Waals surface area contributed by atoms with E-state index in [0.29, 0.717) is 48.4 Å². The van der Waals surface area contributed by atoms with E-state index in [1.165, 1.54) is 28.0 Å². The van der Waals surface area contributed by atoms with Gasteiger partial charge in [-0.25, -0.2) is 9.78 Å². The number of rotatable bonds is 5. The summed E-state index contributed by atoms with van der Waals surface area (Å²) in [5.41, 5.74) is 0.795. The van der Waals surface area contributed by atoms with Gasteiger partial charge in [0.05, 0.1) is 22.4 Å². The molecule has 0 saturated carbocycles. The van der Waals surface area contributed by atoms with E-state index in [4.69, 9.17) is 4.74 Å². The Morgan fingerprint density at radius 1 is 1.29 bits per heavy atom. The highest BCUT2D eigenvalue weighted by molar-refractivity contribution is 7.17. The number of nitro groups is 1. The van der Waals surface area contributed by atoms with Gasteiger partial charge in [-0.15, -0.1) is 5.10 Å². The van der Waals surface area contributed by atoms with Crippen LogP contribution in [0.2, 0.25) is 0 Å². The number of aromatic hydroxyl groups is 1. The summed E-state index contributed by atoms with van der Waals surface area (Å²) >= 11 is 1.33. The van der Waals surface area contributed by atoms with E-state index < -0.39 is 4.92 Å². The van der Waals surface area contributed by atoms with Gasteiger partial charge in [0.2, 0.25) is 10.8 Å². The lowest BCUT2D eigenvalue weighted by atomic mass is 10.0. The number of aromatic nitrogens is 3. The van der Waals surface area contributed by atoms with Gasteiger partial charge in [-0.1, -0.05) is 23.5 Å². The predicted octanol–water partition coefficient (Wildman–Crippen LogP) is 2.58. The van der Waals surface area contributed by atoms with Crippen molar-refractivity contribution in [2.45, 2.75) is 19.9 Å². The topological polar surface area (TPSA) is 126 Å². The van der Waals surface area contributed by atoms with Crippen molar-refractivity contribution in [2.24, 2.45) is 0 Å². The number of fused-ring (bicyclic) bond motifs is 1. The average Bonchev–Trinajstić information content (AvgIpc) is 3.26. The Balaban J connectivity index is 1.68. The van der Waals surface area contributed by atoms with E-state index >= 15 is 0 Å². The Kier molecular flexibility index (Phi) is 5.74. The maximum absolute atomic E-state index is 12.0. The van der Waals surface area contributed by atoms with E-state index in [-0.39, 0.29) is 23.7 Å². The zero-order valence-corrected chi connectivity index (χ0v) is 17.9. The van der Waals surface area contributed by atoms with Crippen molar-refractivity contribution in [3.63, 3.8) is 0 Å². The number of thiazole rings is 1. The fraction of sp³-hybridized carbons (Fsp3) is 0.421. The van der Waals surface area contributed by atoms with Gasteiger partial charge in [-0.05, 0) is 19.4 Å². The van der Waals surface area contributed by atoms with Crippen molar-refractivity contribution < 1.29 is 19.6 Å². The maximum Gasteiger partial charge on any atom is 0.409 e. The summed E-state index contributed by atoms with van der Waals surface area (Å²) in [4.78, 5) is 32.0. The van der Waals surface area contributed by atoms with Crippen LogP contribution < -0.4 is 0 Å². The van der Waals surface area contributed by atoms with Gasteiger partial charge in [0.15, 0.2) is 0 Å². The maximum atomic E-state index is 12.0. The molecule has 0 unspecified atom stereocenters. The zero-order valence-electron chi connectivity index (χ0n) is 17.1. The molecule has 1 aliphatic heterocycles. The first-order chi connectivity index (χ1) is 14.9. The van der Waals surface area contributed by atoms with Gasteiger partial charge in [-0.3, -0.25) is 15.0 Å². The standard InChI is InChI=1S/C19H22N6O5S/c1-3-30-19(27)23-10-8-22(9-11-23)15(13-4-6-14(7-5-13)25(28)29)16-17(26)24-18(31-16)20-12(2)21-24/h4-7,15,26H,3,8-11H2,1-2H3/t15-/m0/s1. The van der Waals surface area contributed by atoms with E-state index in [1.807, 2.05) is 0 Å². The van der Waals surface area contributed by atoms with Gasteiger partial charge in [0, 0.05) is 38.3 Å². The van der Waals surface area contributed by atoms with Crippen molar-refractivity contribution in [3.8, 4) is 5.88 Å². The Bertz CT molecular complexity index is 1100. The minimum atomic E-state index is -0.444. The molecule has 1 N–H and O–H groups in total. The molecule has 1 aromatic carbocycles. The summed E-state index contributed by atoms with van der Waals surface area (Å²) in [6.07, 6.45) is -0.342. The summed E-state index contributed by atoms with van der Waals surface area (Å²) in [5, 5.41) is 26.2. The second-order valence-electron chi connectivity index (χ2n) is 7.12. The van der Waals surface area contributed by atoms with Crippen LogP contribution in [0.25, 0.3) is 4.96 Å². The van der Waals surface area contributed by atoms with Crippen molar-refractivity contribution >= 4 is 28.1 Å². The lowest BCUT2D eigenvalue weighted by molar-refractivity contribution is -0.384. The highest BCUT2D eigenvalue weighted by Gasteiger charge is 2.33. The van der Waals surface area contributed by atoms with E-state index in [2.05, 4.69) is 15.0 Å². The van der Waals surface area contributed by atoms with E-state index in [9.17, 15) is 20.0 Å². The molecule has 1 amide bonds. The third kappa shape index (κ3) is 4.03.